The van der Waals surface area contributed by atoms with Gasteiger partial charge in [0, 0.05) is 13.1 Å². The summed E-state index contributed by atoms with van der Waals surface area (Å²) in [6.45, 7) is 6.81. The molecule has 1 atom stereocenters. The maximum absolute atomic E-state index is 5.76. The Hall–Kier alpha value is -1.66. The van der Waals surface area contributed by atoms with E-state index in [-0.39, 0.29) is 0 Å². The molecule has 4 rings (SSSR count). The summed E-state index contributed by atoms with van der Waals surface area (Å²) in [6.07, 6.45) is 9.77. The van der Waals surface area contributed by atoms with Gasteiger partial charge in [-0.25, -0.2) is 0 Å². The Morgan fingerprint density at radius 1 is 1.00 bits per heavy atom. The summed E-state index contributed by atoms with van der Waals surface area (Å²) in [4.78, 5) is 5.15. The molecule has 136 valence electrons. The van der Waals surface area contributed by atoms with Crippen LogP contribution in [0.1, 0.15) is 44.4 Å². The molecule has 2 aromatic heterocycles. The fourth-order valence-electron chi connectivity index (χ4n) is 4.14. The molecule has 2 aromatic rings. The molecule has 0 N–H and O–H groups in total. The molecule has 0 aromatic carbocycles. The molecule has 0 spiro atoms. The quantitative estimate of drug-likeness (QED) is 0.828. The number of hydrogen-bond acceptors (Lipinski definition) is 6. The zero-order valence-electron chi connectivity index (χ0n) is 14.9. The zero-order valence-corrected chi connectivity index (χ0v) is 14.9. The van der Waals surface area contributed by atoms with Crippen LogP contribution in [0.2, 0.25) is 0 Å². The second-order valence-electron chi connectivity index (χ2n) is 7.44. The monoisotopic (exact) mass is 344 g/mol. The molecule has 0 aliphatic carbocycles. The standard InChI is InChI=1S/C19H28N4O2/c1-2-4-10-22(9-3-1)13-16-7-5-11-23(14-16)15-18-20-21-19(25-18)17-8-6-12-24-17/h6,8,12,16H,1-5,7,9-11,13-15H2/t16-/m0/s1. The molecule has 2 aliphatic rings. The average molecular weight is 344 g/mol. The Morgan fingerprint density at radius 2 is 1.84 bits per heavy atom. The highest BCUT2D eigenvalue weighted by Crippen LogP contribution is 2.22. The van der Waals surface area contributed by atoms with E-state index in [1.807, 2.05) is 12.1 Å². The predicted molar refractivity (Wildman–Crippen MR) is 94.9 cm³/mol. The van der Waals surface area contributed by atoms with E-state index in [4.69, 9.17) is 8.83 Å². The van der Waals surface area contributed by atoms with E-state index in [0.717, 1.165) is 25.6 Å². The molecule has 0 radical (unpaired) electrons. The first kappa shape index (κ1) is 16.8. The SMILES string of the molecule is c1coc(-c2nnc(CN3CCC[C@@H](CN4CCCCCC4)C3)o2)c1. The van der Waals surface area contributed by atoms with Crippen LogP contribution < -0.4 is 0 Å². The number of aromatic nitrogens is 2. The molecule has 6 heteroatoms. The minimum atomic E-state index is 0.470. The van der Waals surface area contributed by atoms with Crippen LogP contribution in [-0.4, -0.2) is 52.7 Å². The van der Waals surface area contributed by atoms with Gasteiger partial charge in [0.1, 0.15) is 0 Å². The predicted octanol–water partition coefficient (Wildman–Crippen LogP) is 3.42. The van der Waals surface area contributed by atoms with Crippen molar-refractivity contribution in [2.24, 2.45) is 5.92 Å². The average Bonchev–Trinajstić information content (AvgIpc) is 3.24. The van der Waals surface area contributed by atoms with Crippen LogP contribution in [-0.2, 0) is 6.54 Å². The van der Waals surface area contributed by atoms with Crippen molar-refractivity contribution in [1.29, 1.82) is 0 Å². The van der Waals surface area contributed by atoms with E-state index in [1.54, 1.807) is 6.26 Å². The third kappa shape index (κ3) is 4.50. The van der Waals surface area contributed by atoms with E-state index in [2.05, 4.69) is 20.0 Å². The van der Waals surface area contributed by atoms with Crippen LogP contribution in [0.25, 0.3) is 11.7 Å². The van der Waals surface area contributed by atoms with E-state index in [1.165, 1.54) is 58.2 Å². The van der Waals surface area contributed by atoms with Crippen molar-refractivity contribution in [3.05, 3.63) is 24.3 Å². The summed E-state index contributed by atoms with van der Waals surface area (Å²) < 4.78 is 11.1. The molecular formula is C19H28N4O2. The Morgan fingerprint density at radius 3 is 2.64 bits per heavy atom. The summed E-state index contributed by atoms with van der Waals surface area (Å²) in [5.74, 6) is 2.55. The number of nitrogens with zero attached hydrogens (tertiary/aromatic N) is 4. The first-order chi connectivity index (χ1) is 12.4. The highest BCUT2D eigenvalue weighted by molar-refractivity contribution is 5.42. The van der Waals surface area contributed by atoms with Gasteiger partial charge < -0.3 is 13.7 Å². The van der Waals surface area contributed by atoms with Crippen LogP contribution in [0.3, 0.4) is 0 Å². The molecule has 4 heterocycles. The Balaban J connectivity index is 1.30. The number of piperidine rings is 1. The second-order valence-corrected chi connectivity index (χ2v) is 7.44. The van der Waals surface area contributed by atoms with Crippen molar-refractivity contribution in [3.63, 3.8) is 0 Å². The molecule has 2 fully saturated rings. The second kappa shape index (κ2) is 8.15. The van der Waals surface area contributed by atoms with Crippen molar-refractivity contribution in [2.75, 3.05) is 32.7 Å². The maximum atomic E-state index is 5.76. The normalized spacial score (nSPS) is 23.6. The smallest absolute Gasteiger partial charge is 0.283 e. The zero-order chi connectivity index (χ0) is 16.9. The summed E-state index contributed by atoms with van der Waals surface area (Å²) in [5.41, 5.74) is 0. The van der Waals surface area contributed by atoms with Gasteiger partial charge in [0.05, 0.1) is 12.8 Å². The topological polar surface area (TPSA) is 58.5 Å². The molecule has 2 saturated heterocycles. The van der Waals surface area contributed by atoms with Gasteiger partial charge in [-0.05, 0) is 63.4 Å². The third-order valence-corrected chi connectivity index (χ3v) is 5.38. The van der Waals surface area contributed by atoms with Crippen molar-refractivity contribution < 1.29 is 8.83 Å². The number of likely N-dealkylation sites (tertiary alicyclic amines) is 2. The molecule has 0 bridgehead atoms. The van der Waals surface area contributed by atoms with Gasteiger partial charge in [0.25, 0.3) is 5.89 Å². The van der Waals surface area contributed by atoms with Crippen LogP contribution in [0, 0.1) is 5.92 Å². The van der Waals surface area contributed by atoms with Gasteiger partial charge in [0.2, 0.25) is 5.89 Å². The van der Waals surface area contributed by atoms with E-state index < -0.39 is 0 Å². The first-order valence-corrected chi connectivity index (χ1v) is 9.68. The van der Waals surface area contributed by atoms with Crippen molar-refractivity contribution in [3.8, 4) is 11.7 Å². The van der Waals surface area contributed by atoms with Crippen LogP contribution >= 0.6 is 0 Å². The highest BCUT2D eigenvalue weighted by Gasteiger charge is 2.24. The van der Waals surface area contributed by atoms with Gasteiger partial charge in [-0.1, -0.05) is 12.8 Å². The highest BCUT2D eigenvalue weighted by atomic mass is 16.4. The molecule has 6 nitrogen and oxygen atoms in total. The molecule has 25 heavy (non-hydrogen) atoms. The van der Waals surface area contributed by atoms with Gasteiger partial charge in [-0.3, -0.25) is 4.90 Å². The Bertz CT molecular complexity index is 632. The minimum absolute atomic E-state index is 0.470. The lowest BCUT2D eigenvalue weighted by Crippen LogP contribution is -2.41. The largest absolute Gasteiger partial charge is 0.459 e. The lowest BCUT2D eigenvalue weighted by atomic mass is 9.97. The number of furan rings is 1. The Kier molecular flexibility index (Phi) is 5.47. The van der Waals surface area contributed by atoms with Gasteiger partial charge in [0.15, 0.2) is 5.76 Å². The van der Waals surface area contributed by atoms with Crippen molar-refractivity contribution in [1.82, 2.24) is 20.0 Å². The van der Waals surface area contributed by atoms with Crippen molar-refractivity contribution in [2.45, 2.75) is 45.1 Å². The van der Waals surface area contributed by atoms with Crippen molar-refractivity contribution >= 4 is 0 Å². The number of hydrogen-bond donors (Lipinski definition) is 0. The molecule has 2 aliphatic heterocycles. The van der Waals surface area contributed by atoms with Gasteiger partial charge in [-0.2, -0.15) is 0 Å². The first-order valence-electron chi connectivity index (χ1n) is 9.68. The van der Waals surface area contributed by atoms with Gasteiger partial charge >= 0.3 is 0 Å². The molecule has 0 amide bonds. The molecular weight excluding hydrogens is 316 g/mol. The molecule has 0 saturated carbocycles. The lowest BCUT2D eigenvalue weighted by molar-refractivity contribution is 0.122. The summed E-state index contributed by atoms with van der Waals surface area (Å²) in [5, 5.41) is 8.29. The summed E-state index contributed by atoms with van der Waals surface area (Å²) in [7, 11) is 0. The summed E-state index contributed by atoms with van der Waals surface area (Å²) >= 11 is 0. The maximum Gasteiger partial charge on any atom is 0.283 e. The van der Waals surface area contributed by atoms with Crippen LogP contribution in [0.5, 0.6) is 0 Å². The van der Waals surface area contributed by atoms with Gasteiger partial charge in [-0.15, -0.1) is 10.2 Å². The van der Waals surface area contributed by atoms with Crippen LogP contribution in [0.4, 0.5) is 0 Å². The van der Waals surface area contributed by atoms with Crippen LogP contribution in [0.15, 0.2) is 27.2 Å². The number of rotatable bonds is 5. The minimum Gasteiger partial charge on any atom is -0.459 e. The van der Waals surface area contributed by atoms with E-state index >= 15 is 0 Å². The summed E-state index contributed by atoms with van der Waals surface area (Å²) in [6, 6.07) is 3.67. The van der Waals surface area contributed by atoms with E-state index in [9.17, 15) is 0 Å². The van der Waals surface area contributed by atoms with E-state index in [0.29, 0.717) is 17.5 Å². The fraction of sp³-hybridized carbons (Fsp3) is 0.684. The molecule has 0 unspecified atom stereocenters. The third-order valence-electron chi connectivity index (χ3n) is 5.38. The lowest BCUT2D eigenvalue weighted by Gasteiger charge is -2.34. The Labute approximate surface area is 149 Å². The fourth-order valence-corrected chi connectivity index (χ4v) is 4.14.